The number of nitrogens with one attached hydrogen (secondary N) is 1. The molecule has 1 heterocycles. The number of nitrogens with zero attached hydrogens (tertiary/aromatic N) is 1. The summed E-state index contributed by atoms with van der Waals surface area (Å²) in [5, 5.41) is 12.7. The number of halogens is 1. The standard InChI is InChI=1S/C18H19ClN2O6S/c1-26-16-4-2-3-15(22)17(16)18(23)20-14-11-12(5-6-13(14)19)28(24,25)21-7-9-27-10-8-21/h2-6,11,22H,7-10H2,1H3,(H,20,23). The number of phenolic OH excluding ortho intramolecular Hbond substituents is 1. The molecule has 0 aliphatic carbocycles. The summed E-state index contributed by atoms with van der Waals surface area (Å²) in [6.07, 6.45) is 0. The van der Waals surface area contributed by atoms with Crippen LogP contribution in [0.5, 0.6) is 11.5 Å². The van der Waals surface area contributed by atoms with Crippen LogP contribution in [0.1, 0.15) is 10.4 Å². The van der Waals surface area contributed by atoms with Crippen LogP contribution in [0.15, 0.2) is 41.3 Å². The van der Waals surface area contributed by atoms with Gasteiger partial charge in [-0.25, -0.2) is 8.42 Å². The first kappa shape index (κ1) is 20.4. The van der Waals surface area contributed by atoms with Gasteiger partial charge in [0.15, 0.2) is 0 Å². The highest BCUT2D eigenvalue weighted by atomic mass is 35.5. The number of aromatic hydroxyl groups is 1. The van der Waals surface area contributed by atoms with Gasteiger partial charge in [-0.15, -0.1) is 0 Å². The average Bonchev–Trinajstić information content (AvgIpc) is 2.69. The van der Waals surface area contributed by atoms with Crippen LogP contribution in [0.4, 0.5) is 5.69 Å². The molecule has 1 aliphatic rings. The van der Waals surface area contributed by atoms with Gasteiger partial charge in [0.25, 0.3) is 5.91 Å². The maximum Gasteiger partial charge on any atom is 0.263 e. The van der Waals surface area contributed by atoms with Gasteiger partial charge in [-0.3, -0.25) is 4.79 Å². The fraction of sp³-hybridized carbons (Fsp3) is 0.278. The van der Waals surface area contributed by atoms with E-state index in [9.17, 15) is 18.3 Å². The molecule has 0 aromatic heterocycles. The van der Waals surface area contributed by atoms with E-state index >= 15 is 0 Å². The minimum atomic E-state index is -3.75. The van der Waals surface area contributed by atoms with Crippen LogP contribution in [0.25, 0.3) is 0 Å². The number of methoxy groups -OCH3 is 1. The molecule has 1 aliphatic heterocycles. The number of benzene rings is 2. The van der Waals surface area contributed by atoms with Crippen molar-refractivity contribution in [3.63, 3.8) is 0 Å². The molecule has 1 fully saturated rings. The zero-order chi connectivity index (χ0) is 20.3. The van der Waals surface area contributed by atoms with Crippen molar-refractivity contribution in [1.82, 2.24) is 4.31 Å². The number of sulfonamides is 1. The smallest absolute Gasteiger partial charge is 0.263 e. The first-order chi connectivity index (χ1) is 13.3. The minimum absolute atomic E-state index is 0.00153. The zero-order valence-corrected chi connectivity index (χ0v) is 16.6. The zero-order valence-electron chi connectivity index (χ0n) is 15.0. The third kappa shape index (κ3) is 4.07. The third-order valence-corrected chi connectivity index (χ3v) is 6.47. The summed E-state index contributed by atoms with van der Waals surface area (Å²) in [5.74, 6) is -0.784. The van der Waals surface area contributed by atoms with Gasteiger partial charge in [0.05, 0.1) is 35.9 Å². The van der Waals surface area contributed by atoms with Crippen molar-refractivity contribution in [3.05, 3.63) is 47.0 Å². The highest BCUT2D eigenvalue weighted by molar-refractivity contribution is 7.89. The van der Waals surface area contributed by atoms with Crippen molar-refractivity contribution in [2.75, 3.05) is 38.7 Å². The van der Waals surface area contributed by atoms with Crippen LogP contribution in [0.2, 0.25) is 5.02 Å². The van der Waals surface area contributed by atoms with E-state index < -0.39 is 15.9 Å². The molecule has 10 heteroatoms. The second kappa shape index (κ2) is 8.36. The van der Waals surface area contributed by atoms with E-state index in [2.05, 4.69) is 5.32 Å². The number of carbonyl (C=O) groups is 1. The van der Waals surface area contributed by atoms with Crippen molar-refractivity contribution in [3.8, 4) is 11.5 Å². The first-order valence-electron chi connectivity index (χ1n) is 8.39. The number of amides is 1. The molecule has 28 heavy (non-hydrogen) atoms. The fourth-order valence-corrected chi connectivity index (χ4v) is 4.40. The largest absolute Gasteiger partial charge is 0.507 e. The topological polar surface area (TPSA) is 105 Å². The molecule has 0 radical (unpaired) electrons. The van der Waals surface area contributed by atoms with E-state index in [-0.39, 0.29) is 45.8 Å². The summed E-state index contributed by atoms with van der Waals surface area (Å²) < 4.78 is 37.2. The molecule has 0 atom stereocenters. The molecule has 1 amide bonds. The van der Waals surface area contributed by atoms with Crippen LogP contribution in [-0.2, 0) is 14.8 Å². The number of hydrogen-bond donors (Lipinski definition) is 2. The molecule has 2 aromatic carbocycles. The van der Waals surface area contributed by atoms with Gasteiger partial charge in [-0.05, 0) is 30.3 Å². The second-order valence-corrected chi connectivity index (χ2v) is 8.31. The Morgan fingerprint density at radius 2 is 1.96 bits per heavy atom. The molecule has 0 bridgehead atoms. The van der Waals surface area contributed by atoms with Crippen LogP contribution in [-0.4, -0.2) is 57.1 Å². The highest BCUT2D eigenvalue weighted by Crippen LogP contribution is 2.31. The van der Waals surface area contributed by atoms with Crippen LogP contribution < -0.4 is 10.1 Å². The lowest BCUT2D eigenvalue weighted by atomic mass is 10.1. The van der Waals surface area contributed by atoms with Crippen molar-refractivity contribution < 1.29 is 27.8 Å². The van der Waals surface area contributed by atoms with E-state index in [1.165, 1.54) is 47.8 Å². The number of ether oxygens (including phenoxy) is 2. The number of hydrogen-bond acceptors (Lipinski definition) is 6. The molecule has 0 spiro atoms. The van der Waals surface area contributed by atoms with Gasteiger partial charge in [-0.2, -0.15) is 4.31 Å². The van der Waals surface area contributed by atoms with Gasteiger partial charge in [0.1, 0.15) is 17.1 Å². The Balaban J connectivity index is 1.91. The van der Waals surface area contributed by atoms with Crippen molar-refractivity contribution in [1.29, 1.82) is 0 Å². The molecular formula is C18H19ClN2O6S. The Kier molecular flexibility index (Phi) is 6.09. The van der Waals surface area contributed by atoms with Gasteiger partial charge in [0, 0.05) is 13.1 Å². The highest BCUT2D eigenvalue weighted by Gasteiger charge is 2.27. The quantitative estimate of drug-likeness (QED) is 0.760. The summed E-state index contributed by atoms with van der Waals surface area (Å²) in [6.45, 7) is 1.15. The Bertz CT molecular complexity index is 990. The van der Waals surface area contributed by atoms with Gasteiger partial charge < -0.3 is 19.9 Å². The van der Waals surface area contributed by atoms with Crippen molar-refractivity contribution in [2.45, 2.75) is 4.90 Å². The molecule has 2 N–H and O–H groups in total. The SMILES string of the molecule is COc1cccc(O)c1C(=O)Nc1cc(S(=O)(=O)N2CCOCC2)ccc1Cl. The number of rotatable bonds is 5. The molecule has 1 saturated heterocycles. The summed E-state index contributed by atoms with van der Waals surface area (Å²) in [4.78, 5) is 12.6. The molecular weight excluding hydrogens is 408 g/mol. The van der Waals surface area contributed by atoms with E-state index in [0.717, 1.165) is 0 Å². The Morgan fingerprint density at radius 1 is 1.25 bits per heavy atom. The Hall–Kier alpha value is -2.33. The van der Waals surface area contributed by atoms with E-state index in [0.29, 0.717) is 13.2 Å². The minimum Gasteiger partial charge on any atom is -0.507 e. The van der Waals surface area contributed by atoms with Gasteiger partial charge in [0.2, 0.25) is 10.0 Å². The molecule has 0 unspecified atom stereocenters. The Morgan fingerprint density at radius 3 is 2.64 bits per heavy atom. The van der Waals surface area contributed by atoms with Crippen LogP contribution in [0.3, 0.4) is 0 Å². The number of anilines is 1. The number of carbonyl (C=O) groups excluding carboxylic acids is 1. The lowest BCUT2D eigenvalue weighted by molar-refractivity contribution is 0.0730. The number of morpholine rings is 1. The van der Waals surface area contributed by atoms with Crippen molar-refractivity contribution >= 4 is 33.2 Å². The monoisotopic (exact) mass is 426 g/mol. The lowest BCUT2D eigenvalue weighted by Crippen LogP contribution is -2.40. The predicted molar refractivity (Wildman–Crippen MR) is 104 cm³/mol. The average molecular weight is 427 g/mol. The summed E-state index contributed by atoms with van der Waals surface area (Å²) in [7, 11) is -2.38. The summed E-state index contributed by atoms with van der Waals surface area (Å²) >= 11 is 6.14. The molecule has 2 aromatic rings. The predicted octanol–water partition coefficient (Wildman–Crippen LogP) is 2.33. The first-order valence-corrected chi connectivity index (χ1v) is 10.2. The van der Waals surface area contributed by atoms with Crippen molar-refractivity contribution in [2.24, 2.45) is 0 Å². The number of phenols is 1. The molecule has 150 valence electrons. The van der Waals surface area contributed by atoms with Crippen LogP contribution >= 0.6 is 11.6 Å². The maximum atomic E-state index is 12.8. The summed E-state index contributed by atoms with van der Waals surface area (Å²) in [6, 6.07) is 8.47. The fourth-order valence-electron chi connectivity index (χ4n) is 2.80. The van der Waals surface area contributed by atoms with E-state index in [4.69, 9.17) is 21.1 Å². The van der Waals surface area contributed by atoms with E-state index in [1.54, 1.807) is 0 Å². The molecule has 0 saturated carbocycles. The van der Waals surface area contributed by atoms with Gasteiger partial charge >= 0.3 is 0 Å². The van der Waals surface area contributed by atoms with Crippen LogP contribution in [0, 0.1) is 0 Å². The normalized spacial score (nSPS) is 15.2. The molecule has 8 nitrogen and oxygen atoms in total. The Labute approximate surface area is 167 Å². The maximum absolute atomic E-state index is 12.8. The van der Waals surface area contributed by atoms with E-state index in [1.807, 2.05) is 0 Å². The third-order valence-electron chi connectivity index (χ3n) is 4.25. The summed E-state index contributed by atoms with van der Waals surface area (Å²) in [5.41, 5.74) is 0.0220. The second-order valence-electron chi connectivity index (χ2n) is 5.97. The van der Waals surface area contributed by atoms with Gasteiger partial charge in [-0.1, -0.05) is 17.7 Å². The lowest BCUT2D eigenvalue weighted by Gasteiger charge is -2.26. The molecule has 3 rings (SSSR count).